The Balaban J connectivity index is 1.52. The van der Waals surface area contributed by atoms with Crippen molar-refractivity contribution < 1.29 is 14.3 Å². The van der Waals surface area contributed by atoms with Gasteiger partial charge in [-0.05, 0) is 64.4 Å². The molecule has 0 saturated carbocycles. The summed E-state index contributed by atoms with van der Waals surface area (Å²) in [5, 5.41) is 1.98. The van der Waals surface area contributed by atoms with Crippen LogP contribution in [0.15, 0.2) is 72.8 Å². The van der Waals surface area contributed by atoms with Gasteiger partial charge in [-0.25, -0.2) is 0 Å². The predicted molar refractivity (Wildman–Crippen MR) is 150 cm³/mol. The normalized spacial score (nSPS) is 12.1. The van der Waals surface area contributed by atoms with Gasteiger partial charge in [-0.3, -0.25) is 4.79 Å². The van der Waals surface area contributed by atoms with E-state index in [1.165, 1.54) is 0 Å². The molecule has 1 heterocycles. The maximum absolute atomic E-state index is 13.1. The molecule has 2 bridgehead atoms. The zero-order valence-electron chi connectivity index (χ0n) is 19.7. The molecule has 0 atom stereocenters. The number of rotatable bonds is 8. The third-order valence-corrected chi connectivity index (χ3v) is 7.74. The van der Waals surface area contributed by atoms with Crippen molar-refractivity contribution in [3.8, 4) is 11.5 Å². The molecule has 0 aliphatic carbocycles. The van der Waals surface area contributed by atoms with E-state index in [0.29, 0.717) is 57.3 Å². The largest absolute Gasteiger partial charge is 0.456 e. The lowest BCUT2D eigenvalue weighted by atomic mass is 9.88. The molecule has 3 nitrogen and oxygen atoms in total. The van der Waals surface area contributed by atoms with E-state index in [1.54, 1.807) is 6.07 Å². The molecule has 1 aliphatic rings. The van der Waals surface area contributed by atoms with E-state index in [1.807, 2.05) is 66.7 Å². The van der Waals surface area contributed by atoms with Crippen LogP contribution in [0.1, 0.15) is 33.4 Å². The van der Waals surface area contributed by atoms with Gasteiger partial charge < -0.3 is 9.47 Å². The van der Waals surface area contributed by atoms with Gasteiger partial charge in [-0.2, -0.15) is 0 Å². The Morgan fingerprint density at radius 1 is 0.703 bits per heavy atom. The number of carbonyl (C=O) groups excluding carboxylic acids is 1. The molecule has 37 heavy (non-hydrogen) atoms. The third kappa shape index (κ3) is 5.91. The molecule has 0 unspecified atom stereocenters. The smallest absolute Gasteiger partial charge is 0.231 e. The molecule has 0 radical (unpaired) electrons. The van der Waals surface area contributed by atoms with E-state index >= 15 is 0 Å². The van der Waals surface area contributed by atoms with Crippen LogP contribution in [0.5, 0.6) is 11.5 Å². The lowest BCUT2D eigenvalue weighted by Crippen LogP contribution is -2.14. The van der Waals surface area contributed by atoms with Gasteiger partial charge in [-0.15, -0.1) is 0 Å². The fourth-order valence-corrected chi connectivity index (χ4v) is 5.61. The van der Waals surface area contributed by atoms with Crippen molar-refractivity contribution in [1.29, 1.82) is 0 Å². The van der Waals surface area contributed by atoms with Gasteiger partial charge in [-0.1, -0.05) is 101 Å². The highest BCUT2D eigenvalue weighted by Crippen LogP contribution is 2.45. The van der Waals surface area contributed by atoms with Crippen molar-refractivity contribution in [2.45, 2.75) is 25.7 Å². The van der Waals surface area contributed by atoms with Crippen LogP contribution < -0.4 is 9.47 Å². The first-order valence-corrected chi connectivity index (χ1v) is 13.3. The molecular formula is C30H22Cl4O3. The summed E-state index contributed by atoms with van der Waals surface area (Å²) in [6.07, 6.45) is 1.72. The van der Waals surface area contributed by atoms with Crippen LogP contribution in [0.2, 0.25) is 20.1 Å². The number of ketones is 1. The number of hydrogen-bond donors (Lipinski definition) is 0. The van der Waals surface area contributed by atoms with Gasteiger partial charge in [0.25, 0.3) is 0 Å². The lowest BCUT2D eigenvalue weighted by molar-refractivity contribution is -0.117. The number of fused-ring (bicyclic) bond motifs is 2. The van der Waals surface area contributed by atoms with Crippen LogP contribution >= 0.6 is 46.4 Å². The second-order valence-corrected chi connectivity index (χ2v) is 10.5. The minimum atomic E-state index is 0.0697. The second kappa shape index (κ2) is 11.4. The molecule has 4 aromatic rings. The van der Waals surface area contributed by atoms with Crippen LogP contribution in [-0.2, 0) is 30.5 Å². The first-order chi connectivity index (χ1) is 17.9. The molecule has 7 heteroatoms. The van der Waals surface area contributed by atoms with Gasteiger partial charge in [0.15, 0.2) is 5.75 Å². The summed E-state index contributed by atoms with van der Waals surface area (Å²) in [5.41, 5.74) is 5.75. The first kappa shape index (κ1) is 25.9. The highest BCUT2D eigenvalue weighted by atomic mass is 35.5. The molecular weight excluding hydrogens is 550 g/mol. The van der Waals surface area contributed by atoms with Gasteiger partial charge in [0.1, 0.15) is 16.6 Å². The number of Topliss-reactive ketones (excluding diaryl/α,β-unsaturated/α-hetero) is 1. The summed E-state index contributed by atoms with van der Waals surface area (Å²) in [5.74, 6) is 1.11. The number of hydrogen-bond acceptors (Lipinski definition) is 3. The standard InChI is InChI=1S/C30H22Cl4O3/c31-23-10-9-21(26(32)16-23)14-25-19(12-22-15-27-29(34)30(28(22)33)37-17-36-27)7-4-8-20(25)13-24(35)11-18-5-2-1-3-6-18/h1-10,15-16H,11-14,17H2. The Hall–Kier alpha value is -2.69. The van der Waals surface area contributed by atoms with Crippen LogP contribution in [0.4, 0.5) is 0 Å². The van der Waals surface area contributed by atoms with Gasteiger partial charge >= 0.3 is 0 Å². The maximum Gasteiger partial charge on any atom is 0.231 e. The minimum absolute atomic E-state index is 0.0697. The summed E-state index contributed by atoms with van der Waals surface area (Å²) >= 11 is 25.7. The molecule has 0 amide bonds. The molecule has 0 aromatic heterocycles. The number of halogens is 4. The van der Waals surface area contributed by atoms with Crippen molar-refractivity contribution in [1.82, 2.24) is 0 Å². The maximum atomic E-state index is 13.1. The number of benzene rings is 4. The second-order valence-electron chi connectivity index (χ2n) is 8.92. The summed E-state index contributed by atoms with van der Waals surface area (Å²) in [7, 11) is 0. The van der Waals surface area contributed by atoms with Crippen molar-refractivity contribution in [2.24, 2.45) is 0 Å². The third-order valence-electron chi connectivity index (χ3n) is 6.39. The predicted octanol–water partition coefficient (Wildman–Crippen LogP) is 8.56. The monoisotopic (exact) mass is 570 g/mol. The van der Waals surface area contributed by atoms with Crippen LogP contribution in [0.25, 0.3) is 0 Å². The van der Waals surface area contributed by atoms with E-state index in [2.05, 4.69) is 0 Å². The van der Waals surface area contributed by atoms with Crippen LogP contribution in [0, 0.1) is 0 Å². The lowest BCUT2D eigenvalue weighted by Gasteiger charge is -2.22. The average molecular weight is 572 g/mol. The van der Waals surface area contributed by atoms with Crippen molar-refractivity contribution in [2.75, 3.05) is 6.79 Å². The van der Waals surface area contributed by atoms with E-state index < -0.39 is 0 Å². The summed E-state index contributed by atoms with van der Waals surface area (Å²) in [6.45, 7) is 0.0697. The number of ether oxygens (including phenoxy) is 2. The Bertz CT molecular complexity index is 1470. The van der Waals surface area contributed by atoms with Crippen molar-refractivity contribution in [3.63, 3.8) is 0 Å². The zero-order chi connectivity index (χ0) is 25.9. The topological polar surface area (TPSA) is 35.5 Å². The van der Waals surface area contributed by atoms with E-state index in [4.69, 9.17) is 55.9 Å². The Morgan fingerprint density at radius 3 is 2.27 bits per heavy atom. The molecule has 4 aromatic carbocycles. The molecule has 188 valence electrons. The SMILES string of the molecule is O=C(Cc1ccccc1)Cc1cccc(Cc2cc3c(Cl)c(c2Cl)OCO3)c1Cc1ccc(Cl)cc1Cl. The highest BCUT2D eigenvalue weighted by molar-refractivity contribution is 6.38. The quantitative estimate of drug-likeness (QED) is 0.212. The molecule has 5 rings (SSSR count). The van der Waals surface area contributed by atoms with Crippen molar-refractivity contribution >= 4 is 52.2 Å². The van der Waals surface area contributed by atoms with E-state index in [-0.39, 0.29) is 12.6 Å². The van der Waals surface area contributed by atoms with Crippen LogP contribution in [-0.4, -0.2) is 12.6 Å². The summed E-state index contributed by atoms with van der Waals surface area (Å²) < 4.78 is 11.1. The van der Waals surface area contributed by atoms with Gasteiger partial charge in [0, 0.05) is 22.9 Å². The Kier molecular flexibility index (Phi) is 7.97. The Morgan fingerprint density at radius 2 is 1.49 bits per heavy atom. The number of carbonyl (C=O) groups is 1. The first-order valence-electron chi connectivity index (χ1n) is 11.7. The fourth-order valence-electron chi connectivity index (χ4n) is 4.56. The molecule has 0 fully saturated rings. The zero-order valence-corrected chi connectivity index (χ0v) is 22.7. The highest BCUT2D eigenvalue weighted by Gasteiger charge is 2.23. The van der Waals surface area contributed by atoms with E-state index in [9.17, 15) is 4.79 Å². The molecule has 0 saturated heterocycles. The summed E-state index contributed by atoms with van der Waals surface area (Å²) in [4.78, 5) is 13.1. The average Bonchev–Trinajstić information content (AvgIpc) is 2.87. The Labute approximate surface area is 235 Å². The molecule has 1 aliphatic heterocycles. The molecule has 0 N–H and O–H groups in total. The summed E-state index contributed by atoms with van der Waals surface area (Å²) in [6, 6.07) is 23.1. The molecule has 0 spiro atoms. The van der Waals surface area contributed by atoms with Gasteiger partial charge in [0.2, 0.25) is 6.79 Å². The van der Waals surface area contributed by atoms with Crippen LogP contribution in [0.3, 0.4) is 0 Å². The van der Waals surface area contributed by atoms with E-state index in [0.717, 1.165) is 33.4 Å². The minimum Gasteiger partial charge on any atom is -0.456 e. The van der Waals surface area contributed by atoms with Crippen molar-refractivity contribution in [3.05, 3.63) is 126 Å². The fraction of sp³-hybridized carbons (Fsp3) is 0.167. The van der Waals surface area contributed by atoms with Gasteiger partial charge in [0.05, 0.1) is 5.02 Å².